The zero-order valence-corrected chi connectivity index (χ0v) is 19.5. The molecule has 5 aromatic rings. The van der Waals surface area contributed by atoms with E-state index in [-0.39, 0.29) is 0 Å². The highest BCUT2D eigenvalue weighted by Gasteiger charge is 2.10. The molecule has 0 saturated heterocycles. The van der Waals surface area contributed by atoms with Gasteiger partial charge in [-0.1, -0.05) is 42.0 Å². The maximum Gasteiger partial charge on any atom is 0.135 e. The molecule has 3 heterocycles. The van der Waals surface area contributed by atoms with Crippen LogP contribution in [-0.2, 0) is 6.54 Å². The van der Waals surface area contributed by atoms with Crippen LogP contribution in [0.5, 0.6) is 5.75 Å². The summed E-state index contributed by atoms with van der Waals surface area (Å²) in [6.45, 7) is 4.71. The average molecular weight is 447 g/mol. The largest absolute Gasteiger partial charge is 0.496 e. The summed E-state index contributed by atoms with van der Waals surface area (Å²) >= 11 is 0. The fraction of sp³-hybridized carbons (Fsp3) is 0.138. The van der Waals surface area contributed by atoms with E-state index in [0.29, 0.717) is 6.54 Å². The molecule has 0 aliphatic carbocycles. The van der Waals surface area contributed by atoms with Gasteiger partial charge >= 0.3 is 0 Å². The zero-order valence-electron chi connectivity index (χ0n) is 19.5. The van der Waals surface area contributed by atoms with Gasteiger partial charge in [-0.05, 0) is 60.7 Å². The molecule has 0 amide bonds. The molecular weight excluding hydrogens is 420 g/mol. The highest BCUT2D eigenvalue weighted by atomic mass is 16.5. The number of aryl methyl sites for hydroxylation is 2. The summed E-state index contributed by atoms with van der Waals surface area (Å²) in [5.41, 5.74) is 7.53. The van der Waals surface area contributed by atoms with Gasteiger partial charge in [0.2, 0.25) is 0 Å². The number of aromatic nitrogens is 3. The summed E-state index contributed by atoms with van der Waals surface area (Å²) in [7, 11) is 1.71. The van der Waals surface area contributed by atoms with Crippen LogP contribution in [0.1, 0.15) is 16.8 Å². The summed E-state index contributed by atoms with van der Waals surface area (Å²) in [5, 5.41) is 5.55. The molecule has 34 heavy (non-hydrogen) atoms. The number of nitrogens with zero attached hydrogens (tertiary/aromatic N) is 3. The van der Waals surface area contributed by atoms with Crippen molar-refractivity contribution in [2.24, 2.45) is 0 Å². The Bertz CT molecular complexity index is 1480. The third kappa shape index (κ3) is 4.46. The number of hydrogen-bond acceptors (Lipinski definition) is 5. The fourth-order valence-electron chi connectivity index (χ4n) is 4.15. The molecule has 0 unspecified atom stereocenters. The Hall–Kier alpha value is -4.25. The molecule has 5 nitrogen and oxygen atoms in total. The summed E-state index contributed by atoms with van der Waals surface area (Å²) in [5.74, 6) is 1.67. The first kappa shape index (κ1) is 21.6. The second-order valence-electron chi connectivity index (χ2n) is 8.39. The Morgan fingerprint density at radius 1 is 0.824 bits per heavy atom. The van der Waals surface area contributed by atoms with Crippen LogP contribution in [0.2, 0.25) is 0 Å². The van der Waals surface area contributed by atoms with E-state index < -0.39 is 0 Å². The normalized spacial score (nSPS) is 10.9. The minimum Gasteiger partial charge on any atom is -0.496 e. The second kappa shape index (κ2) is 9.32. The third-order valence-electron chi connectivity index (χ3n) is 5.90. The first-order valence-electron chi connectivity index (χ1n) is 11.3. The number of methoxy groups -OCH3 is 1. The van der Waals surface area contributed by atoms with E-state index >= 15 is 0 Å². The van der Waals surface area contributed by atoms with Gasteiger partial charge in [-0.3, -0.25) is 9.97 Å². The lowest BCUT2D eigenvalue weighted by Gasteiger charge is -2.13. The molecule has 0 radical (unpaired) electrons. The molecule has 2 aromatic carbocycles. The van der Waals surface area contributed by atoms with Gasteiger partial charge in [0.15, 0.2) is 0 Å². The number of rotatable bonds is 6. The lowest BCUT2D eigenvalue weighted by atomic mass is 10.0. The topological polar surface area (TPSA) is 59.9 Å². The van der Waals surface area contributed by atoms with Crippen molar-refractivity contribution < 1.29 is 4.74 Å². The van der Waals surface area contributed by atoms with E-state index in [1.807, 2.05) is 43.7 Å². The van der Waals surface area contributed by atoms with Gasteiger partial charge in [0.25, 0.3) is 0 Å². The maximum atomic E-state index is 5.71. The van der Waals surface area contributed by atoms with Crippen LogP contribution in [0.4, 0.5) is 5.82 Å². The minimum absolute atomic E-state index is 0.627. The van der Waals surface area contributed by atoms with Gasteiger partial charge in [-0.2, -0.15) is 0 Å². The van der Waals surface area contributed by atoms with Crippen LogP contribution >= 0.6 is 0 Å². The molecule has 0 spiro atoms. The number of nitrogens with one attached hydrogen (secondary N) is 1. The maximum absolute atomic E-state index is 5.71. The van der Waals surface area contributed by atoms with Crippen LogP contribution in [-0.4, -0.2) is 22.1 Å². The summed E-state index contributed by atoms with van der Waals surface area (Å²) in [6, 6.07) is 22.9. The van der Waals surface area contributed by atoms with E-state index in [4.69, 9.17) is 4.74 Å². The second-order valence-corrected chi connectivity index (χ2v) is 8.39. The predicted octanol–water partition coefficient (Wildman–Crippen LogP) is 6.60. The van der Waals surface area contributed by atoms with Crippen LogP contribution in [0.3, 0.4) is 0 Å². The monoisotopic (exact) mass is 446 g/mol. The molecule has 1 N–H and O–H groups in total. The lowest BCUT2D eigenvalue weighted by molar-refractivity contribution is 0.416. The number of hydrogen-bond donors (Lipinski definition) is 1. The third-order valence-corrected chi connectivity index (χ3v) is 5.90. The predicted molar refractivity (Wildman–Crippen MR) is 138 cm³/mol. The van der Waals surface area contributed by atoms with Crippen molar-refractivity contribution in [1.82, 2.24) is 15.0 Å². The Kier molecular flexibility index (Phi) is 5.91. The molecule has 5 heteroatoms. The standard InChI is InChI=1S/C29H26N4O/c1-19-5-4-6-22(13-19)25-8-7-21(15-28(25)34-3)17-33-29-26-18-32-27(16-23(26)9-12-31-29)24-10-11-30-20(2)14-24/h4-16,18H,17H2,1-3H3,(H,31,33). The van der Waals surface area contributed by atoms with Gasteiger partial charge in [0, 0.05) is 47.3 Å². The van der Waals surface area contributed by atoms with E-state index in [9.17, 15) is 0 Å². The lowest BCUT2D eigenvalue weighted by Crippen LogP contribution is -2.03. The van der Waals surface area contributed by atoms with Gasteiger partial charge in [-0.25, -0.2) is 4.98 Å². The molecule has 0 bridgehead atoms. The molecule has 0 aliphatic heterocycles. The summed E-state index contributed by atoms with van der Waals surface area (Å²) < 4.78 is 5.71. The Labute approximate surface area is 199 Å². The van der Waals surface area contributed by atoms with Crippen LogP contribution in [0, 0.1) is 13.8 Å². The molecule has 5 rings (SSSR count). The average Bonchev–Trinajstić information content (AvgIpc) is 2.87. The summed E-state index contributed by atoms with van der Waals surface area (Å²) in [4.78, 5) is 13.5. The molecule has 3 aromatic heterocycles. The SMILES string of the molecule is COc1cc(CNc2nccc3cc(-c4ccnc(C)c4)ncc23)ccc1-c1cccc(C)c1. The van der Waals surface area contributed by atoms with Crippen molar-refractivity contribution >= 4 is 16.6 Å². The number of ether oxygens (including phenoxy) is 1. The van der Waals surface area contributed by atoms with Gasteiger partial charge in [-0.15, -0.1) is 0 Å². The fourth-order valence-corrected chi connectivity index (χ4v) is 4.15. The van der Waals surface area contributed by atoms with Gasteiger partial charge in [0.05, 0.1) is 12.8 Å². The molecule has 0 atom stereocenters. The highest BCUT2D eigenvalue weighted by Crippen LogP contribution is 2.32. The van der Waals surface area contributed by atoms with Crippen molar-refractivity contribution in [3.8, 4) is 28.1 Å². The molecule has 0 saturated carbocycles. The van der Waals surface area contributed by atoms with Gasteiger partial charge < -0.3 is 10.1 Å². The number of fused-ring (bicyclic) bond motifs is 1. The van der Waals surface area contributed by atoms with Crippen molar-refractivity contribution in [1.29, 1.82) is 0 Å². The molecular formula is C29H26N4O. The van der Waals surface area contributed by atoms with Gasteiger partial charge in [0.1, 0.15) is 11.6 Å². The van der Waals surface area contributed by atoms with Crippen molar-refractivity contribution in [2.75, 3.05) is 12.4 Å². The van der Waals surface area contributed by atoms with E-state index in [1.54, 1.807) is 7.11 Å². The van der Waals surface area contributed by atoms with Crippen molar-refractivity contribution in [3.63, 3.8) is 0 Å². The zero-order chi connectivity index (χ0) is 23.5. The van der Waals surface area contributed by atoms with Crippen LogP contribution < -0.4 is 10.1 Å². The highest BCUT2D eigenvalue weighted by molar-refractivity contribution is 5.93. The molecule has 0 aliphatic rings. The quantitative estimate of drug-likeness (QED) is 0.319. The smallest absolute Gasteiger partial charge is 0.135 e. The number of pyridine rings is 3. The van der Waals surface area contributed by atoms with Crippen molar-refractivity contribution in [2.45, 2.75) is 20.4 Å². The van der Waals surface area contributed by atoms with E-state index in [1.165, 1.54) is 5.56 Å². The molecule has 168 valence electrons. The Balaban J connectivity index is 1.39. The van der Waals surface area contributed by atoms with E-state index in [0.717, 1.165) is 56.0 Å². The van der Waals surface area contributed by atoms with Crippen LogP contribution in [0.25, 0.3) is 33.2 Å². The first-order valence-corrected chi connectivity index (χ1v) is 11.3. The first-order chi connectivity index (χ1) is 16.6. The Morgan fingerprint density at radius 3 is 2.53 bits per heavy atom. The minimum atomic E-state index is 0.627. The molecule has 0 fully saturated rings. The van der Waals surface area contributed by atoms with E-state index in [2.05, 4.69) is 75.7 Å². The summed E-state index contributed by atoms with van der Waals surface area (Å²) in [6.07, 6.45) is 5.53. The van der Waals surface area contributed by atoms with Crippen molar-refractivity contribution in [3.05, 3.63) is 102 Å². The number of anilines is 1. The Morgan fingerprint density at radius 2 is 1.71 bits per heavy atom. The van der Waals surface area contributed by atoms with Crippen LogP contribution in [0.15, 0.2) is 85.3 Å². The number of benzene rings is 2.